The molecular weight excluding hydrogens is 326 g/mol. The second-order valence-electron chi connectivity index (χ2n) is 5.11. The van der Waals surface area contributed by atoms with E-state index in [2.05, 4.69) is 10.6 Å². The molecule has 0 saturated heterocycles. The summed E-state index contributed by atoms with van der Waals surface area (Å²) in [6.07, 6.45) is -1.55. The van der Waals surface area contributed by atoms with Gasteiger partial charge in [-0.05, 0) is 19.8 Å². The topological polar surface area (TPSA) is 196 Å². The van der Waals surface area contributed by atoms with Crippen molar-refractivity contribution in [2.75, 3.05) is 0 Å². The third kappa shape index (κ3) is 8.68. The van der Waals surface area contributed by atoms with E-state index in [1.165, 1.54) is 6.92 Å². The average molecular weight is 347 g/mol. The molecule has 0 aliphatic heterocycles. The number of hydrogen-bond acceptors (Lipinski definition) is 6. The van der Waals surface area contributed by atoms with Gasteiger partial charge in [-0.25, -0.2) is 4.79 Å². The van der Waals surface area contributed by atoms with E-state index in [9.17, 15) is 24.0 Å². The highest BCUT2D eigenvalue weighted by Gasteiger charge is 2.27. The minimum Gasteiger partial charge on any atom is -0.481 e. The number of carbonyl (C=O) groups is 5. The van der Waals surface area contributed by atoms with Crippen LogP contribution in [0.1, 0.15) is 32.6 Å². The van der Waals surface area contributed by atoms with Gasteiger partial charge in [0.2, 0.25) is 11.8 Å². The summed E-state index contributed by atoms with van der Waals surface area (Å²) in [4.78, 5) is 55.9. The van der Waals surface area contributed by atoms with Gasteiger partial charge < -0.3 is 31.7 Å². The van der Waals surface area contributed by atoms with Gasteiger partial charge in [-0.2, -0.15) is 0 Å². The Kier molecular flexibility index (Phi) is 9.02. The fourth-order valence-corrected chi connectivity index (χ4v) is 1.64. The molecule has 0 aromatic carbocycles. The second kappa shape index (κ2) is 10.2. The van der Waals surface area contributed by atoms with Crippen molar-refractivity contribution >= 4 is 29.7 Å². The zero-order chi connectivity index (χ0) is 18.9. The van der Waals surface area contributed by atoms with E-state index in [1.54, 1.807) is 0 Å². The average Bonchev–Trinajstić information content (AvgIpc) is 2.46. The molecule has 11 heteroatoms. The first-order chi connectivity index (χ1) is 11.0. The van der Waals surface area contributed by atoms with Gasteiger partial charge in [-0.1, -0.05) is 0 Å². The van der Waals surface area contributed by atoms with Crippen LogP contribution in [0.15, 0.2) is 0 Å². The summed E-state index contributed by atoms with van der Waals surface area (Å²) in [5.41, 5.74) is 5.35. The Morgan fingerprint density at radius 1 is 0.833 bits per heavy atom. The summed E-state index contributed by atoms with van der Waals surface area (Å²) in [5, 5.41) is 30.6. The summed E-state index contributed by atoms with van der Waals surface area (Å²) in [6.45, 7) is 1.36. The van der Waals surface area contributed by atoms with Crippen molar-refractivity contribution in [3.63, 3.8) is 0 Å². The maximum atomic E-state index is 12.1. The van der Waals surface area contributed by atoms with Crippen LogP contribution in [-0.2, 0) is 24.0 Å². The molecule has 2 amide bonds. The fourth-order valence-electron chi connectivity index (χ4n) is 1.64. The Hall–Kier alpha value is -2.69. The summed E-state index contributed by atoms with van der Waals surface area (Å²) in [7, 11) is 0. The highest BCUT2D eigenvalue weighted by Crippen LogP contribution is 2.03. The number of amides is 2. The van der Waals surface area contributed by atoms with Crippen LogP contribution < -0.4 is 16.4 Å². The minimum absolute atomic E-state index is 0.273. The molecule has 0 fully saturated rings. The lowest BCUT2D eigenvalue weighted by Gasteiger charge is -2.21. The molecule has 0 aliphatic carbocycles. The predicted octanol–water partition coefficient (Wildman–Crippen LogP) is -1.88. The lowest BCUT2D eigenvalue weighted by atomic mass is 10.1. The molecule has 0 spiro atoms. The number of nitrogens with one attached hydrogen (secondary N) is 2. The van der Waals surface area contributed by atoms with Gasteiger partial charge in [0.1, 0.15) is 12.1 Å². The molecule has 0 aromatic heterocycles. The Morgan fingerprint density at radius 2 is 1.25 bits per heavy atom. The van der Waals surface area contributed by atoms with Gasteiger partial charge in [0.25, 0.3) is 0 Å². The number of carboxylic acids is 3. The number of carboxylic acid groups (broad SMARTS) is 3. The molecule has 11 nitrogen and oxygen atoms in total. The SMILES string of the molecule is CC(N)C(=O)NC(CCC(=O)O)C(=O)NC(CCC(=O)O)C(=O)O. The second-order valence-corrected chi connectivity index (χ2v) is 5.11. The van der Waals surface area contributed by atoms with E-state index in [0.29, 0.717) is 0 Å². The maximum absolute atomic E-state index is 12.1. The number of hydrogen-bond donors (Lipinski definition) is 6. The standard InChI is InChI=1S/C13H21N3O8/c1-6(14)11(21)15-7(2-4-9(17)18)12(22)16-8(13(23)24)3-5-10(19)20/h6-8H,2-5,14H2,1H3,(H,15,21)(H,16,22)(H,17,18)(H,19,20)(H,23,24). The van der Waals surface area contributed by atoms with E-state index < -0.39 is 60.7 Å². The first kappa shape index (κ1) is 21.3. The molecule has 3 atom stereocenters. The number of nitrogens with two attached hydrogens (primary N) is 1. The van der Waals surface area contributed by atoms with E-state index >= 15 is 0 Å². The van der Waals surface area contributed by atoms with Crippen molar-refractivity contribution in [2.45, 2.75) is 50.7 Å². The smallest absolute Gasteiger partial charge is 0.326 e. The first-order valence-electron chi connectivity index (χ1n) is 7.07. The molecule has 0 radical (unpaired) electrons. The molecule has 0 rings (SSSR count). The molecule has 0 aromatic rings. The van der Waals surface area contributed by atoms with E-state index in [-0.39, 0.29) is 12.8 Å². The van der Waals surface area contributed by atoms with Crippen LogP contribution in [0.4, 0.5) is 0 Å². The minimum atomic E-state index is -1.48. The zero-order valence-electron chi connectivity index (χ0n) is 13.0. The van der Waals surface area contributed by atoms with Crippen molar-refractivity contribution in [2.24, 2.45) is 5.73 Å². The van der Waals surface area contributed by atoms with Crippen LogP contribution in [0, 0.1) is 0 Å². The van der Waals surface area contributed by atoms with Gasteiger partial charge in [0.05, 0.1) is 6.04 Å². The molecule has 24 heavy (non-hydrogen) atoms. The Balaban J connectivity index is 4.97. The fraction of sp³-hybridized carbons (Fsp3) is 0.615. The van der Waals surface area contributed by atoms with Crippen molar-refractivity contribution < 1.29 is 39.3 Å². The highest BCUT2D eigenvalue weighted by atomic mass is 16.4. The molecule has 7 N–H and O–H groups in total. The van der Waals surface area contributed by atoms with E-state index in [0.717, 1.165) is 0 Å². The molecular formula is C13H21N3O8. The normalized spacial score (nSPS) is 14.1. The van der Waals surface area contributed by atoms with Gasteiger partial charge in [0.15, 0.2) is 0 Å². The first-order valence-corrected chi connectivity index (χ1v) is 7.07. The van der Waals surface area contributed by atoms with E-state index in [1.807, 2.05) is 0 Å². The summed E-state index contributed by atoms with van der Waals surface area (Å²) in [6, 6.07) is -3.73. The van der Waals surface area contributed by atoms with Crippen molar-refractivity contribution in [1.82, 2.24) is 10.6 Å². The third-order valence-electron chi connectivity index (χ3n) is 2.95. The monoisotopic (exact) mass is 347 g/mol. The molecule has 0 bridgehead atoms. The lowest BCUT2D eigenvalue weighted by molar-refractivity contribution is -0.144. The molecule has 136 valence electrons. The Labute approximate surface area is 137 Å². The van der Waals surface area contributed by atoms with E-state index in [4.69, 9.17) is 21.1 Å². The number of aliphatic carboxylic acids is 3. The van der Waals surface area contributed by atoms with Gasteiger partial charge >= 0.3 is 17.9 Å². The molecule has 3 unspecified atom stereocenters. The largest absolute Gasteiger partial charge is 0.481 e. The van der Waals surface area contributed by atoms with Crippen molar-refractivity contribution in [3.8, 4) is 0 Å². The van der Waals surface area contributed by atoms with Crippen LogP contribution in [0.3, 0.4) is 0 Å². The van der Waals surface area contributed by atoms with Crippen molar-refractivity contribution in [1.29, 1.82) is 0 Å². The molecule has 0 saturated carbocycles. The Morgan fingerprint density at radius 3 is 1.62 bits per heavy atom. The van der Waals surface area contributed by atoms with Gasteiger partial charge in [0, 0.05) is 12.8 Å². The summed E-state index contributed by atoms with van der Waals surface area (Å²) in [5.74, 6) is -5.52. The summed E-state index contributed by atoms with van der Waals surface area (Å²) < 4.78 is 0. The van der Waals surface area contributed by atoms with Crippen molar-refractivity contribution in [3.05, 3.63) is 0 Å². The van der Waals surface area contributed by atoms with Crippen LogP contribution in [0.2, 0.25) is 0 Å². The van der Waals surface area contributed by atoms with Gasteiger partial charge in [-0.3, -0.25) is 19.2 Å². The maximum Gasteiger partial charge on any atom is 0.326 e. The third-order valence-corrected chi connectivity index (χ3v) is 2.95. The highest BCUT2D eigenvalue weighted by molar-refractivity contribution is 5.92. The zero-order valence-corrected chi connectivity index (χ0v) is 13.0. The predicted molar refractivity (Wildman–Crippen MR) is 78.9 cm³/mol. The lowest BCUT2D eigenvalue weighted by Crippen LogP contribution is -2.54. The summed E-state index contributed by atoms with van der Waals surface area (Å²) >= 11 is 0. The van der Waals surface area contributed by atoms with Crippen LogP contribution in [0.25, 0.3) is 0 Å². The van der Waals surface area contributed by atoms with Crippen LogP contribution >= 0.6 is 0 Å². The van der Waals surface area contributed by atoms with Crippen LogP contribution in [0.5, 0.6) is 0 Å². The number of carbonyl (C=O) groups excluding carboxylic acids is 2. The number of rotatable bonds is 11. The molecule has 0 aliphatic rings. The van der Waals surface area contributed by atoms with Gasteiger partial charge in [-0.15, -0.1) is 0 Å². The quantitative estimate of drug-likeness (QED) is 0.248. The molecule has 0 heterocycles. The Bertz CT molecular complexity index is 505. The van der Waals surface area contributed by atoms with Crippen LogP contribution in [-0.4, -0.2) is 63.2 Å².